The normalized spacial score (nSPS) is 11.7. The maximum Gasteiger partial charge on any atom is 0.137 e. The third-order valence-corrected chi connectivity index (χ3v) is 3.89. The molecule has 0 amide bonds. The van der Waals surface area contributed by atoms with Gasteiger partial charge in [-0.2, -0.15) is 10.2 Å². The monoisotopic (exact) mass is 332 g/mol. The van der Waals surface area contributed by atoms with Crippen LogP contribution in [-0.4, -0.2) is 40.2 Å². The fraction of sp³-hybridized carbons (Fsp3) is 0.333. The number of aliphatic hydroxyl groups is 1. The Morgan fingerprint density at radius 1 is 0.957 bits per heavy atom. The first kappa shape index (κ1) is 15.6. The third kappa shape index (κ3) is 4.37. The molecule has 2 aromatic heterocycles. The molecule has 0 atom stereocenters. The third-order valence-electron chi connectivity index (χ3n) is 3.64. The van der Waals surface area contributed by atoms with Crippen molar-refractivity contribution in [3.05, 3.63) is 60.2 Å². The van der Waals surface area contributed by atoms with E-state index in [4.69, 9.17) is 11.6 Å². The van der Waals surface area contributed by atoms with Crippen molar-refractivity contribution in [2.75, 3.05) is 0 Å². The summed E-state index contributed by atoms with van der Waals surface area (Å²) >= 11 is 5.90. The standard InChI is InChI=1S/C15H17ClN6O/c16-14-3-1-13(2-4-14)5-6-15(23,7-21-11-17-9-19-21)8-22-12-18-10-20-22/h1-4,9-12,23H,5-8H2. The highest BCUT2D eigenvalue weighted by molar-refractivity contribution is 6.30. The van der Waals surface area contributed by atoms with Crippen molar-refractivity contribution in [2.24, 2.45) is 0 Å². The quantitative estimate of drug-likeness (QED) is 0.710. The Morgan fingerprint density at radius 2 is 1.52 bits per heavy atom. The van der Waals surface area contributed by atoms with Crippen LogP contribution in [-0.2, 0) is 19.5 Å². The number of aryl methyl sites for hydroxylation is 1. The first-order valence-corrected chi connectivity index (χ1v) is 7.62. The minimum atomic E-state index is -1.01. The number of aromatic nitrogens is 6. The molecule has 0 radical (unpaired) electrons. The molecular weight excluding hydrogens is 316 g/mol. The minimum absolute atomic E-state index is 0.334. The smallest absolute Gasteiger partial charge is 0.137 e. The fourth-order valence-corrected chi connectivity index (χ4v) is 2.59. The van der Waals surface area contributed by atoms with E-state index in [1.54, 1.807) is 22.0 Å². The molecule has 0 saturated heterocycles. The van der Waals surface area contributed by atoms with Gasteiger partial charge in [-0.25, -0.2) is 9.97 Å². The summed E-state index contributed by atoms with van der Waals surface area (Å²) in [6, 6.07) is 7.64. The van der Waals surface area contributed by atoms with Crippen molar-refractivity contribution in [1.29, 1.82) is 0 Å². The van der Waals surface area contributed by atoms with Crippen molar-refractivity contribution < 1.29 is 5.11 Å². The SMILES string of the molecule is OC(CCc1ccc(Cl)cc1)(Cn1cncn1)Cn1cncn1. The van der Waals surface area contributed by atoms with Gasteiger partial charge in [-0.1, -0.05) is 23.7 Å². The molecule has 1 aromatic carbocycles. The van der Waals surface area contributed by atoms with Gasteiger partial charge in [0, 0.05) is 5.02 Å². The van der Waals surface area contributed by atoms with E-state index in [0.29, 0.717) is 24.5 Å². The summed E-state index contributed by atoms with van der Waals surface area (Å²) in [5.74, 6) is 0. The average molecular weight is 333 g/mol. The number of benzene rings is 1. The van der Waals surface area contributed by atoms with Crippen LogP contribution in [0.5, 0.6) is 0 Å². The molecule has 0 unspecified atom stereocenters. The molecule has 0 fully saturated rings. The zero-order valence-electron chi connectivity index (χ0n) is 12.5. The molecule has 0 saturated carbocycles. The molecule has 120 valence electrons. The Hall–Kier alpha value is -2.25. The van der Waals surface area contributed by atoms with E-state index in [1.165, 1.54) is 12.7 Å². The van der Waals surface area contributed by atoms with E-state index in [2.05, 4.69) is 20.2 Å². The van der Waals surface area contributed by atoms with Crippen molar-refractivity contribution in [3.63, 3.8) is 0 Å². The topological polar surface area (TPSA) is 81.6 Å². The Morgan fingerprint density at radius 3 is 2.00 bits per heavy atom. The molecule has 3 aromatic rings. The summed E-state index contributed by atoms with van der Waals surface area (Å²) < 4.78 is 3.25. The molecular formula is C15H17ClN6O. The second-order valence-corrected chi connectivity index (χ2v) is 5.97. The molecule has 0 aliphatic heterocycles. The summed E-state index contributed by atoms with van der Waals surface area (Å²) in [5, 5.41) is 19.9. The van der Waals surface area contributed by atoms with E-state index in [0.717, 1.165) is 12.0 Å². The van der Waals surface area contributed by atoms with E-state index >= 15 is 0 Å². The Bertz CT molecular complexity index is 675. The van der Waals surface area contributed by atoms with Crippen LogP contribution in [0.4, 0.5) is 0 Å². The highest BCUT2D eigenvalue weighted by Crippen LogP contribution is 2.20. The summed E-state index contributed by atoms with van der Waals surface area (Å²) in [6.07, 6.45) is 7.36. The van der Waals surface area contributed by atoms with E-state index < -0.39 is 5.60 Å². The van der Waals surface area contributed by atoms with Crippen molar-refractivity contribution in [3.8, 4) is 0 Å². The summed E-state index contributed by atoms with van der Waals surface area (Å²) in [5.41, 5.74) is 0.103. The second-order valence-electron chi connectivity index (χ2n) is 5.54. The number of hydrogen-bond donors (Lipinski definition) is 1. The van der Waals surface area contributed by atoms with Crippen molar-refractivity contribution in [2.45, 2.75) is 31.5 Å². The van der Waals surface area contributed by atoms with Crippen LogP contribution < -0.4 is 0 Å². The maximum atomic E-state index is 11.1. The largest absolute Gasteiger partial charge is 0.386 e. The molecule has 0 aliphatic rings. The van der Waals surface area contributed by atoms with Gasteiger partial charge in [0.15, 0.2) is 0 Å². The lowest BCUT2D eigenvalue weighted by Crippen LogP contribution is -2.40. The number of hydrogen-bond acceptors (Lipinski definition) is 5. The number of halogens is 1. The molecule has 0 spiro atoms. The molecule has 0 bridgehead atoms. The fourth-order valence-electron chi connectivity index (χ4n) is 2.47. The van der Waals surface area contributed by atoms with Crippen LogP contribution in [0.1, 0.15) is 12.0 Å². The average Bonchev–Trinajstić information content (AvgIpc) is 3.21. The summed E-state index contributed by atoms with van der Waals surface area (Å²) in [6.45, 7) is 0.668. The van der Waals surface area contributed by atoms with Gasteiger partial charge in [0.05, 0.1) is 13.1 Å². The first-order chi connectivity index (χ1) is 11.1. The van der Waals surface area contributed by atoms with E-state index in [9.17, 15) is 5.11 Å². The maximum absolute atomic E-state index is 11.1. The van der Waals surface area contributed by atoms with Crippen LogP contribution in [0, 0.1) is 0 Å². The molecule has 23 heavy (non-hydrogen) atoms. The van der Waals surface area contributed by atoms with E-state index in [-0.39, 0.29) is 0 Å². The molecule has 8 heteroatoms. The predicted molar refractivity (Wildman–Crippen MR) is 84.8 cm³/mol. The molecule has 3 rings (SSSR count). The molecule has 0 aliphatic carbocycles. The van der Waals surface area contributed by atoms with Gasteiger partial charge >= 0.3 is 0 Å². The lowest BCUT2D eigenvalue weighted by molar-refractivity contribution is -0.00796. The summed E-state index contributed by atoms with van der Waals surface area (Å²) in [7, 11) is 0. The minimum Gasteiger partial charge on any atom is -0.386 e. The van der Waals surface area contributed by atoms with Crippen LogP contribution in [0.2, 0.25) is 5.02 Å². The molecule has 2 heterocycles. The van der Waals surface area contributed by atoms with Crippen LogP contribution in [0.25, 0.3) is 0 Å². The summed E-state index contributed by atoms with van der Waals surface area (Å²) in [4.78, 5) is 7.85. The highest BCUT2D eigenvalue weighted by Gasteiger charge is 2.29. The predicted octanol–water partition coefficient (Wildman–Crippen LogP) is 1.59. The first-order valence-electron chi connectivity index (χ1n) is 7.25. The van der Waals surface area contributed by atoms with Gasteiger partial charge in [-0.15, -0.1) is 0 Å². The van der Waals surface area contributed by atoms with Crippen LogP contribution in [0.3, 0.4) is 0 Å². The Kier molecular flexibility index (Phi) is 4.68. The van der Waals surface area contributed by atoms with E-state index in [1.807, 2.05) is 24.3 Å². The Labute approximate surface area is 138 Å². The lowest BCUT2D eigenvalue weighted by Gasteiger charge is -2.27. The zero-order valence-corrected chi connectivity index (χ0v) is 13.2. The van der Waals surface area contributed by atoms with Crippen molar-refractivity contribution in [1.82, 2.24) is 29.5 Å². The van der Waals surface area contributed by atoms with Gasteiger partial charge < -0.3 is 5.11 Å². The van der Waals surface area contributed by atoms with Gasteiger partial charge in [0.2, 0.25) is 0 Å². The number of nitrogens with zero attached hydrogens (tertiary/aromatic N) is 6. The van der Waals surface area contributed by atoms with Gasteiger partial charge in [0.1, 0.15) is 30.9 Å². The Balaban J connectivity index is 1.72. The zero-order chi connectivity index (χ0) is 16.1. The van der Waals surface area contributed by atoms with Crippen LogP contribution >= 0.6 is 11.6 Å². The lowest BCUT2D eigenvalue weighted by atomic mass is 9.94. The number of rotatable bonds is 7. The van der Waals surface area contributed by atoms with Gasteiger partial charge in [-0.3, -0.25) is 9.36 Å². The highest BCUT2D eigenvalue weighted by atomic mass is 35.5. The van der Waals surface area contributed by atoms with Gasteiger partial charge in [0.25, 0.3) is 0 Å². The van der Waals surface area contributed by atoms with Gasteiger partial charge in [-0.05, 0) is 30.5 Å². The molecule has 1 N–H and O–H groups in total. The molecule has 7 nitrogen and oxygen atoms in total. The van der Waals surface area contributed by atoms with Crippen molar-refractivity contribution >= 4 is 11.6 Å². The second kappa shape index (κ2) is 6.89. The van der Waals surface area contributed by atoms with Crippen LogP contribution in [0.15, 0.2) is 49.6 Å².